The summed E-state index contributed by atoms with van der Waals surface area (Å²) in [7, 11) is 1.68. The second kappa shape index (κ2) is 15.0. The molecule has 2 rings (SSSR count). The van der Waals surface area contributed by atoms with Crippen molar-refractivity contribution in [2.45, 2.75) is 80.2 Å². The van der Waals surface area contributed by atoms with Crippen molar-refractivity contribution in [3.8, 4) is 0 Å². The van der Waals surface area contributed by atoms with E-state index in [0.29, 0.717) is 25.0 Å². The van der Waals surface area contributed by atoms with Gasteiger partial charge in [0, 0.05) is 24.4 Å². The first kappa shape index (κ1) is 29.9. The van der Waals surface area contributed by atoms with E-state index >= 15 is 0 Å². The Morgan fingerprint density at radius 3 is 2.62 bits per heavy atom. The summed E-state index contributed by atoms with van der Waals surface area (Å²) in [5.41, 5.74) is 13.6. The first-order chi connectivity index (χ1) is 17.8. The molecule has 0 amide bonds. The van der Waals surface area contributed by atoms with Crippen LogP contribution in [0.1, 0.15) is 83.8 Å². The lowest BCUT2D eigenvalue weighted by Gasteiger charge is -2.20. The third-order valence-electron chi connectivity index (χ3n) is 6.40. The van der Waals surface area contributed by atoms with Gasteiger partial charge < -0.3 is 20.4 Å². The number of hydrogen-bond donors (Lipinski definition) is 2. The molecule has 0 saturated heterocycles. The summed E-state index contributed by atoms with van der Waals surface area (Å²) in [5, 5.41) is 3.55. The van der Waals surface area contributed by atoms with Crippen LogP contribution < -0.4 is 11.1 Å². The molecule has 0 aliphatic carbocycles. The van der Waals surface area contributed by atoms with Gasteiger partial charge >= 0.3 is 0 Å². The fourth-order valence-electron chi connectivity index (χ4n) is 4.32. The molecule has 0 radical (unpaired) electrons. The molecule has 2 heterocycles. The van der Waals surface area contributed by atoms with Crippen LogP contribution in [0, 0.1) is 6.92 Å². The highest BCUT2D eigenvalue weighted by Crippen LogP contribution is 2.36. The number of ether oxygens (including phenoxy) is 1. The van der Waals surface area contributed by atoms with E-state index in [2.05, 4.69) is 91.8 Å². The van der Waals surface area contributed by atoms with Crippen molar-refractivity contribution in [3.63, 3.8) is 0 Å². The molecule has 1 atom stereocenters. The van der Waals surface area contributed by atoms with E-state index in [0.717, 1.165) is 59.4 Å². The molecule has 0 bridgehead atoms. The first-order valence-corrected chi connectivity index (χ1v) is 13.5. The Balaban J connectivity index is 2.84. The maximum Gasteiger partial charge on any atom is 0.120 e. The van der Waals surface area contributed by atoms with Crippen molar-refractivity contribution in [2.75, 3.05) is 25.5 Å². The molecule has 1 unspecified atom stereocenters. The Hall–Kier alpha value is -3.35. The van der Waals surface area contributed by atoms with Crippen molar-refractivity contribution in [1.29, 1.82) is 0 Å². The predicted octanol–water partition coefficient (Wildman–Crippen LogP) is 6.99. The molecule has 2 aromatic heterocycles. The zero-order chi connectivity index (χ0) is 27.4. The quantitative estimate of drug-likeness (QED) is 0.125. The summed E-state index contributed by atoms with van der Waals surface area (Å²) in [6.07, 6.45) is 13.7. The number of pyridine rings is 1. The highest BCUT2D eigenvalue weighted by atomic mass is 16.5. The third kappa shape index (κ3) is 7.57. The van der Waals surface area contributed by atoms with Gasteiger partial charge in [0.2, 0.25) is 0 Å². The highest BCUT2D eigenvalue weighted by molar-refractivity contribution is 5.97. The monoisotopic (exact) mass is 506 g/mol. The van der Waals surface area contributed by atoms with E-state index < -0.39 is 0 Å². The fourth-order valence-corrected chi connectivity index (χ4v) is 4.32. The summed E-state index contributed by atoms with van der Waals surface area (Å²) in [5.74, 6) is 1.32. The molecule has 7 nitrogen and oxygen atoms in total. The summed E-state index contributed by atoms with van der Waals surface area (Å²) < 4.78 is 8.52. The average Bonchev–Trinajstić information content (AvgIpc) is 3.20. The maximum absolute atomic E-state index is 6.16. The van der Waals surface area contributed by atoms with Gasteiger partial charge in [-0.05, 0) is 64.2 Å². The summed E-state index contributed by atoms with van der Waals surface area (Å²) in [6, 6.07) is 2.45. The van der Waals surface area contributed by atoms with Crippen LogP contribution in [-0.2, 0) is 11.2 Å². The van der Waals surface area contributed by atoms with Gasteiger partial charge in [-0.2, -0.15) is 0 Å². The van der Waals surface area contributed by atoms with Gasteiger partial charge in [0.1, 0.15) is 17.9 Å². The van der Waals surface area contributed by atoms with E-state index in [1.165, 1.54) is 17.6 Å². The number of amidine groups is 1. The second-order valence-corrected chi connectivity index (χ2v) is 9.17. The van der Waals surface area contributed by atoms with Crippen LogP contribution in [0.4, 0.5) is 5.69 Å². The number of nitrogens with two attached hydrogens (primary N) is 1. The van der Waals surface area contributed by atoms with E-state index in [1.54, 1.807) is 7.05 Å². The average molecular weight is 507 g/mol. The molecule has 202 valence electrons. The molecule has 0 spiro atoms. The van der Waals surface area contributed by atoms with E-state index in [9.17, 15) is 0 Å². The van der Waals surface area contributed by atoms with Gasteiger partial charge in [-0.25, -0.2) is 9.98 Å². The number of aromatic nitrogens is 2. The number of nitrogens with one attached hydrogen (secondary N) is 1. The Morgan fingerprint density at radius 2 is 2.00 bits per heavy atom. The summed E-state index contributed by atoms with van der Waals surface area (Å²) in [6.45, 7) is 16.2. The molecule has 3 N–H and O–H groups in total. The fraction of sp³-hybridized carbons (Fsp3) is 0.500. The van der Waals surface area contributed by atoms with Crippen LogP contribution in [0.5, 0.6) is 0 Å². The van der Waals surface area contributed by atoms with Gasteiger partial charge in [-0.3, -0.25) is 4.99 Å². The van der Waals surface area contributed by atoms with Crippen molar-refractivity contribution in [2.24, 2.45) is 15.7 Å². The predicted molar refractivity (Wildman–Crippen MR) is 161 cm³/mol. The number of anilines is 1. The SMILES string of the molecule is CC/C=C/C=C\C(=C(/C)OCCC)c1cc(NCC(N)=NC=NC)c2c(n1)c(C)c(CC)n2C(C)CC. The smallest absolute Gasteiger partial charge is 0.120 e. The van der Waals surface area contributed by atoms with Gasteiger partial charge in [-0.1, -0.05) is 45.9 Å². The third-order valence-corrected chi connectivity index (χ3v) is 6.40. The topological polar surface area (TPSA) is 89.8 Å². The number of nitrogens with zero attached hydrogens (tertiary/aromatic N) is 4. The summed E-state index contributed by atoms with van der Waals surface area (Å²) in [4.78, 5) is 13.3. The molecular weight excluding hydrogens is 460 g/mol. The van der Waals surface area contributed by atoms with Gasteiger partial charge in [0.15, 0.2) is 0 Å². The van der Waals surface area contributed by atoms with E-state index in [-0.39, 0.29) is 0 Å². The first-order valence-electron chi connectivity index (χ1n) is 13.5. The van der Waals surface area contributed by atoms with E-state index in [1.807, 2.05) is 6.92 Å². The van der Waals surface area contributed by atoms with Crippen LogP contribution in [0.3, 0.4) is 0 Å². The van der Waals surface area contributed by atoms with Crippen molar-refractivity contribution in [3.05, 3.63) is 53.1 Å². The summed E-state index contributed by atoms with van der Waals surface area (Å²) >= 11 is 0. The molecule has 0 fully saturated rings. The number of aryl methyl sites for hydroxylation is 1. The molecule has 0 aliphatic heterocycles. The second-order valence-electron chi connectivity index (χ2n) is 9.17. The lowest BCUT2D eigenvalue weighted by atomic mass is 10.1. The number of allylic oxidation sites excluding steroid dienone is 6. The Labute approximate surface area is 223 Å². The Morgan fingerprint density at radius 1 is 1.24 bits per heavy atom. The van der Waals surface area contributed by atoms with Gasteiger partial charge in [0.05, 0.1) is 35.6 Å². The van der Waals surface area contributed by atoms with Crippen LogP contribution in [0.2, 0.25) is 0 Å². The zero-order valence-electron chi connectivity index (χ0n) is 24.1. The number of aliphatic imine (C=N–C) groups is 2. The number of fused-ring (bicyclic) bond motifs is 1. The van der Waals surface area contributed by atoms with Crippen LogP contribution >= 0.6 is 0 Å². The van der Waals surface area contributed by atoms with Crippen molar-refractivity contribution >= 4 is 34.5 Å². The number of rotatable bonds is 14. The molecule has 0 aliphatic rings. The highest BCUT2D eigenvalue weighted by Gasteiger charge is 2.22. The molecule has 2 aromatic rings. The lowest BCUT2D eigenvalue weighted by molar-refractivity contribution is 0.216. The zero-order valence-corrected chi connectivity index (χ0v) is 24.1. The standard InChI is InChI=1S/C30H46N6O/c1-9-13-14-15-16-24(23(7)37-17-10-2)25-18-26(33-19-28(31)34-20-32-8)30-29(35-25)22(6)27(12-4)36(30)21(5)11-3/h13-16,18,20-21H,9-12,17,19H2,1-8H3,(H,33,35)(H2,31,32,34)/b14-13+,16-15-,24-23-. The molecular formula is C30H46N6O. The minimum Gasteiger partial charge on any atom is -0.498 e. The Bertz CT molecular complexity index is 1180. The minimum atomic E-state index is 0.335. The van der Waals surface area contributed by atoms with Crippen LogP contribution in [0.15, 0.2) is 46.1 Å². The van der Waals surface area contributed by atoms with Gasteiger partial charge in [0.25, 0.3) is 0 Å². The lowest BCUT2D eigenvalue weighted by Crippen LogP contribution is -2.23. The Kier molecular flexibility index (Phi) is 12.1. The molecule has 0 aromatic carbocycles. The number of hydrogen-bond acceptors (Lipinski definition) is 4. The molecule has 0 saturated carbocycles. The normalized spacial score (nSPS) is 14.3. The van der Waals surface area contributed by atoms with Crippen molar-refractivity contribution in [1.82, 2.24) is 9.55 Å². The van der Waals surface area contributed by atoms with Gasteiger partial charge in [-0.15, -0.1) is 0 Å². The van der Waals surface area contributed by atoms with Crippen LogP contribution in [-0.4, -0.2) is 41.9 Å². The van der Waals surface area contributed by atoms with Crippen molar-refractivity contribution < 1.29 is 4.74 Å². The maximum atomic E-state index is 6.16. The molecule has 37 heavy (non-hydrogen) atoms. The largest absolute Gasteiger partial charge is 0.498 e. The minimum absolute atomic E-state index is 0.335. The molecule has 7 heteroatoms. The van der Waals surface area contributed by atoms with E-state index in [4.69, 9.17) is 15.5 Å². The van der Waals surface area contributed by atoms with Crippen LogP contribution in [0.25, 0.3) is 16.6 Å².